The summed E-state index contributed by atoms with van der Waals surface area (Å²) in [7, 11) is 0. The van der Waals surface area contributed by atoms with Crippen LogP contribution in [0.15, 0.2) is 0 Å². The summed E-state index contributed by atoms with van der Waals surface area (Å²) >= 11 is 0. The van der Waals surface area contributed by atoms with Crippen LogP contribution in [0.25, 0.3) is 0 Å². The molecule has 2 nitrogen and oxygen atoms in total. The Balaban J connectivity index is 2.23. The SMILES string of the molecule is N#C[C@@]12CCC[C@@](CO)(CC1)C2. The number of hydrogen-bond donors (Lipinski definition) is 1. The number of nitrogens with zero attached hydrogens (tertiary/aromatic N) is 1. The molecule has 2 rings (SSSR count). The fourth-order valence-corrected chi connectivity index (χ4v) is 2.99. The second-order valence-electron chi connectivity index (χ2n) is 4.58. The van der Waals surface area contributed by atoms with E-state index in [2.05, 4.69) is 6.07 Å². The largest absolute Gasteiger partial charge is 0.396 e. The van der Waals surface area contributed by atoms with E-state index in [-0.39, 0.29) is 17.4 Å². The third-order valence-electron chi connectivity index (χ3n) is 3.78. The van der Waals surface area contributed by atoms with Crippen molar-refractivity contribution in [3.05, 3.63) is 0 Å². The van der Waals surface area contributed by atoms with Gasteiger partial charge in [0.1, 0.15) is 0 Å². The first-order valence-corrected chi connectivity index (χ1v) is 4.76. The van der Waals surface area contributed by atoms with Crippen molar-refractivity contribution < 1.29 is 5.11 Å². The average molecular weight is 165 g/mol. The van der Waals surface area contributed by atoms with Crippen LogP contribution in [0.3, 0.4) is 0 Å². The number of hydrogen-bond acceptors (Lipinski definition) is 2. The molecule has 12 heavy (non-hydrogen) atoms. The monoisotopic (exact) mass is 165 g/mol. The van der Waals surface area contributed by atoms with Crippen LogP contribution in [0.5, 0.6) is 0 Å². The summed E-state index contributed by atoms with van der Waals surface area (Å²) in [4.78, 5) is 0. The molecule has 2 bridgehead atoms. The van der Waals surface area contributed by atoms with Gasteiger partial charge in [0.25, 0.3) is 0 Å². The van der Waals surface area contributed by atoms with Gasteiger partial charge in [0.15, 0.2) is 0 Å². The molecule has 0 aromatic rings. The first kappa shape index (κ1) is 8.07. The van der Waals surface area contributed by atoms with E-state index < -0.39 is 0 Å². The van der Waals surface area contributed by atoms with Crippen molar-refractivity contribution in [2.75, 3.05) is 6.61 Å². The van der Waals surface area contributed by atoms with Gasteiger partial charge < -0.3 is 5.11 Å². The molecule has 0 aromatic carbocycles. The summed E-state index contributed by atoms with van der Waals surface area (Å²) in [5, 5.41) is 18.3. The molecule has 0 spiro atoms. The van der Waals surface area contributed by atoms with Crippen molar-refractivity contribution in [2.24, 2.45) is 10.8 Å². The molecule has 0 heterocycles. The molecule has 0 radical (unpaired) electrons. The molecular formula is C10H15NO. The molecule has 2 heteroatoms. The lowest BCUT2D eigenvalue weighted by Gasteiger charge is -2.34. The highest BCUT2D eigenvalue weighted by Gasteiger charge is 2.50. The molecule has 2 aliphatic carbocycles. The molecule has 2 atom stereocenters. The topological polar surface area (TPSA) is 44.0 Å². The summed E-state index contributed by atoms with van der Waals surface area (Å²) in [6.07, 6.45) is 6.36. The minimum absolute atomic E-state index is 0.0546. The Labute approximate surface area is 73.2 Å². The molecule has 2 fully saturated rings. The van der Waals surface area contributed by atoms with Crippen LogP contribution in [0, 0.1) is 22.2 Å². The summed E-state index contributed by atoms with van der Waals surface area (Å²) in [6.45, 7) is 0.288. The van der Waals surface area contributed by atoms with Crippen LogP contribution in [-0.4, -0.2) is 11.7 Å². The van der Waals surface area contributed by atoms with Crippen LogP contribution in [-0.2, 0) is 0 Å². The number of aliphatic hydroxyl groups excluding tert-OH is 1. The smallest absolute Gasteiger partial charge is 0.0689 e. The summed E-state index contributed by atoms with van der Waals surface area (Å²) in [5.74, 6) is 0. The Bertz CT molecular complexity index is 232. The standard InChI is InChI=1S/C10H15NO/c11-7-9-2-1-3-10(6-9,8-12)5-4-9/h12H,1-6,8H2/t9-,10+/m0/s1. The molecule has 1 N–H and O–H groups in total. The van der Waals surface area contributed by atoms with Gasteiger partial charge in [0, 0.05) is 6.61 Å². The average Bonchev–Trinajstić information content (AvgIpc) is 2.41. The Morgan fingerprint density at radius 3 is 2.75 bits per heavy atom. The van der Waals surface area contributed by atoms with Gasteiger partial charge in [-0.25, -0.2) is 0 Å². The van der Waals surface area contributed by atoms with E-state index in [1.807, 2.05) is 0 Å². The van der Waals surface area contributed by atoms with Crippen molar-refractivity contribution in [3.8, 4) is 6.07 Å². The molecule has 0 aliphatic heterocycles. The molecule has 2 aliphatic rings. The molecule has 66 valence electrons. The minimum atomic E-state index is -0.0546. The van der Waals surface area contributed by atoms with E-state index in [4.69, 9.17) is 5.26 Å². The second-order valence-corrected chi connectivity index (χ2v) is 4.58. The van der Waals surface area contributed by atoms with Crippen LogP contribution in [0.2, 0.25) is 0 Å². The third-order valence-corrected chi connectivity index (χ3v) is 3.78. The zero-order valence-electron chi connectivity index (χ0n) is 7.34. The fourth-order valence-electron chi connectivity index (χ4n) is 2.99. The number of fused-ring (bicyclic) bond motifs is 2. The van der Waals surface area contributed by atoms with Crippen LogP contribution in [0.4, 0.5) is 0 Å². The Morgan fingerprint density at radius 2 is 2.08 bits per heavy atom. The Hall–Kier alpha value is -0.550. The fraction of sp³-hybridized carbons (Fsp3) is 0.900. The van der Waals surface area contributed by atoms with Crippen LogP contribution >= 0.6 is 0 Å². The first-order chi connectivity index (χ1) is 5.74. The number of rotatable bonds is 1. The van der Waals surface area contributed by atoms with Crippen LogP contribution in [0.1, 0.15) is 38.5 Å². The lowest BCUT2D eigenvalue weighted by Crippen LogP contribution is -2.29. The van der Waals surface area contributed by atoms with Gasteiger partial charge in [-0.1, -0.05) is 6.42 Å². The highest BCUT2D eigenvalue weighted by atomic mass is 16.3. The van der Waals surface area contributed by atoms with Gasteiger partial charge in [-0.05, 0) is 37.5 Å². The highest BCUT2D eigenvalue weighted by molar-refractivity contribution is 5.10. The van der Waals surface area contributed by atoms with Crippen molar-refractivity contribution in [1.29, 1.82) is 5.26 Å². The van der Waals surface area contributed by atoms with E-state index in [0.717, 1.165) is 38.5 Å². The van der Waals surface area contributed by atoms with E-state index in [0.29, 0.717) is 0 Å². The molecule has 0 amide bonds. The van der Waals surface area contributed by atoms with Crippen molar-refractivity contribution in [2.45, 2.75) is 38.5 Å². The molecular weight excluding hydrogens is 150 g/mol. The second kappa shape index (κ2) is 2.47. The number of aliphatic hydroxyl groups is 1. The van der Waals surface area contributed by atoms with Crippen molar-refractivity contribution in [1.82, 2.24) is 0 Å². The molecule has 2 saturated carbocycles. The lowest BCUT2D eigenvalue weighted by molar-refractivity contribution is 0.0855. The Morgan fingerprint density at radius 1 is 1.25 bits per heavy atom. The van der Waals surface area contributed by atoms with E-state index in [1.165, 1.54) is 0 Å². The van der Waals surface area contributed by atoms with Gasteiger partial charge in [-0.15, -0.1) is 0 Å². The van der Waals surface area contributed by atoms with Gasteiger partial charge in [-0.2, -0.15) is 5.26 Å². The first-order valence-electron chi connectivity index (χ1n) is 4.76. The predicted octanol–water partition coefficient (Wildman–Crippen LogP) is 1.84. The van der Waals surface area contributed by atoms with Crippen LogP contribution < -0.4 is 0 Å². The maximum atomic E-state index is 9.27. The van der Waals surface area contributed by atoms with Gasteiger partial charge in [-0.3, -0.25) is 0 Å². The Kier molecular flexibility index (Phi) is 1.66. The van der Waals surface area contributed by atoms with Gasteiger partial charge in [0.05, 0.1) is 11.5 Å². The zero-order chi connectivity index (χ0) is 8.66. The quantitative estimate of drug-likeness (QED) is 0.644. The maximum absolute atomic E-state index is 9.27. The van der Waals surface area contributed by atoms with Gasteiger partial charge in [0.2, 0.25) is 0 Å². The molecule has 0 aromatic heterocycles. The minimum Gasteiger partial charge on any atom is -0.396 e. The predicted molar refractivity (Wildman–Crippen MR) is 45.3 cm³/mol. The van der Waals surface area contributed by atoms with Crippen molar-refractivity contribution in [3.63, 3.8) is 0 Å². The van der Waals surface area contributed by atoms with Crippen molar-refractivity contribution >= 4 is 0 Å². The maximum Gasteiger partial charge on any atom is 0.0689 e. The zero-order valence-corrected chi connectivity index (χ0v) is 7.34. The van der Waals surface area contributed by atoms with E-state index >= 15 is 0 Å². The normalized spacial score (nSPS) is 45.7. The summed E-state index contributed by atoms with van der Waals surface area (Å²) in [5.41, 5.74) is 0.0783. The summed E-state index contributed by atoms with van der Waals surface area (Å²) < 4.78 is 0. The van der Waals surface area contributed by atoms with E-state index in [9.17, 15) is 5.11 Å². The molecule has 0 saturated heterocycles. The summed E-state index contributed by atoms with van der Waals surface area (Å²) in [6, 6.07) is 2.46. The third kappa shape index (κ3) is 0.964. The van der Waals surface area contributed by atoms with E-state index in [1.54, 1.807) is 0 Å². The molecule has 0 unspecified atom stereocenters. The number of nitriles is 1. The lowest BCUT2D eigenvalue weighted by atomic mass is 9.70. The highest BCUT2D eigenvalue weighted by Crippen LogP contribution is 2.57. The van der Waals surface area contributed by atoms with Gasteiger partial charge >= 0.3 is 0 Å².